The normalized spacial score (nSPS) is 10.2. The molecule has 0 bridgehead atoms. The number of halogens is 1. The molecule has 2 amide bonds. The predicted octanol–water partition coefficient (Wildman–Crippen LogP) is 3.55. The molecule has 0 heterocycles. The molecule has 0 aliphatic carbocycles. The lowest BCUT2D eigenvalue weighted by Crippen LogP contribution is -2.41. The highest BCUT2D eigenvalue weighted by Gasteiger charge is 2.11. The Hall–Kier alpha value is -3.87. The Kier molecular flexibility index (Phi) is 6.64. The van der Waals surface area contributed by atoms with Crippen LogP contribution >= 0.6 is 0 Å². The van der Waals surface area contributed by atoms with Crippen LogP contribution in [0.15, 0.2) is 72.8 Å². The van der Waals surface area contributed by atoms with Crippen molar-refractivity contribution in [1.29, 1.82) is 0 Å². The van der Waals surface area contributed by atoms with Crippen LogP contribution in [0.5, 0.6) is 5.75 Å². The van der Waals surface area contributed by atoms with E-state index in [0.29, 0.717) is 16.9 Å². The summed E-state index contributed by atoms with van der Waals surface area (Å²) in [5, 5.41) is 0. The van der Waals surface area contributed by atoms with Crippen LogP contribution in [0.4, 0.5) is 10.1 Å². The summed E-state index contributed by atoms with van der Waals surface area (Å²) in [6.45, 7) is 0.240. The molecule has 3 aromatic rings. The van der Waals surface area contributed by atoms with Crippen molar-refractivity contribution in [1.82, 2.24) is 10.9 Å². The van der Waals surface area contributed by atoms with Crippen molar-refractivity contribution >= 4 is 17.5 Å². The molecule has 0 aliphatic rings. The molecule has 30 heavy (non-hydrogen) atoms. The lowest BCUT2D eigenvalue weighted by molar-refractivity contribution is 0.0846. The summed E-state index contributed by atoms with van der Waals surface area (Å²) in [5.41, 5.74) is 7.25. The van der Waals surface area contributed by atoms with E-state index in [1.807, 2.05) is 25.1 Å². The van der Waals surface area contributed by atoms with Crippen LogP contribution in [0, 0.1) is 5.82 Å². The van der Waals surface area contributed by atoms with Gasteiger partial charge < -0.3 is 9.64 Å². The van der Waals surface area contributed by atoms with E-state index in [1.165, 1.54) is 12.1 Å². The Labute approximate surface area is 174 Å². The fourth-order valence-electron chi connectivity index (χ4n) is 2.66. The molecule has 0 atom stereocenters. The Morgan fingerprint density at radius 1 is 0.867 bits per heavy atom. The molecule has 0 radical (unpaired) electrons. The Balaban J connectivity index is 1.57. The maximum absolute atomic E-state index is 13.0. The number of hydrogen-bond donors (Lipinski definition) is 2. The lowest BCUT2D eigenvalue weighted by atomic mass is 10.2. The summed E-state index contributed by atoms with van der Waals surface area (Å²) in [7, 11) is 3.76. The van der Waals surface area contributed by atoms with Gasteiger partial charge in [0.15, 0.2) is 0 Å². The third-order valence-electron chi connectivity index (χ3n) is 4.33. The Morgan fingerprint density at radius 2 is 1.47 bits per heavy atom. The largest absolute Gasteiger partial charge is 0.489 e. The van der Waals surface area contributed by atoms with Gasteiger partial charge in [-0.25, -0.2) is 4.39 Å². The van der Waals surface area contributed by atoms with Crippen LogP contribution in [0.3, 0.4) is 0 Å². The molecule has 3 rings (SSSR count). The van der Waals surface area contributed by atoms with E-state index in [0.717, 1.165) is 11.3 Å². The molecule has 3 aromatic carbocycles. The molecule has 0 spiro atoms. The number of carbonyl (C=O) groups excluding carboxylic acids is 2. The van der Waals surface area contributed by atoms with Crippen LogP contribution in [-0.2, 0) is 6.61 Å². The van der Waals surface area contributed by atoms with Crippen molar-refractivity contribution in [3.63, 3.8) is 0 Å². The smallest absolute Gasteiger partial charge is 0.269 e. The van der Waals surface area contributed by atoms with Gasteiger partial charge in [-0.15, -0.1) is 0 Å². The first-order valence-electron chi connectivity index (χ1n) is 9.28. The van der Waals surface area contributed by atoms with Crippen molar-refractivity contribution in [3.8, 4) is 5.75 Å². The van der Waals surface area contributed by atoms with Gasteiger partial charge in [-0.2, -0.15) is 0 Å². The first kappa shape index (κ1) is 20.9. The first-order chi connectivity index (χ1) is 14.4. The number of carbonyl (C=O) groups is 2. The van der Waals surface area contributed by atoms with E-state index in [1.54, 1.807) is 54.6 Å². The van der Waals surface area contributed by atoms with Crippen molar-refractivity contribution in [3.05, 3.63) is 95.3 Å². The molecule has 154 valence electrons. The Bertz CT molecular complexity index is 1040. The van der Waals surface area contributed by atoms with Crippen molar-refractivity contribution in [2.75, 3.05) is 19.0 Å². The zero-order valence-corrected chi connectivity index (χ0v) is 16.7. The topological polar surface area (TPSA) is 70.7 Å². The van der Waals surface area contributed by atoms with Crippen LogP contribution in [0.2, 0.25) is 0 Å². The SMILES string of the molecule is CN(C)c1cccc(C(=O)NNC(=O)c2cccc(OCc3ccc(F)cc3)c2)c1. The van der Waals surface area contributed by atoms with E-state index in [2.05, 4.69) is 10.9 Å². The second kappa shape index (κ2) is 9.56. The van der Waals surface area contributed by atoms with E-state index in [9.17, 15) is 14.0 Å². The van der Waals surface area contributed by atoms with Crippen molar-refractivity contribution in [2.24, 2.45) is 0 Å². The number of ether oxygens (including phenoxy) is 1. The average molecular weight is 407 g/mol. The van der Waals surface area contributed by atoms with Gasteiger partial charge in [0.1, 0.15) is 18.2 Å². The molecule has 0 aromatic heterocycles. The molecule has 7 heteroatoms. The highest BCUT2D eigenvalue weighted by atomic mass is 19.1. The molecule has 0 aliphatic heterocycles. The van der Waals surface area contributed by atoms with Gasteiger partial charge in [0, 0.05) is 30.9 Å². The van der Waals surface area contributed by atoms with Gasteiger partial charge in [0.05, 0.1) is 0 Å². The predicted molar refractivity (Wildman–Crippen MR) is 113 cm³/mol. The molecule has 0 fully saturated rings. The van der Waals surface area contributed by atoms with Crippen molar-refractivity contribution in [2.45, 2.75) is 6.61 Å². The first-order valence-corrected chi connectivity index (χ1v) is 9.28. The number of nitrogens with zero attached hydrogens (tertiary/aromatic N) is 1. The summed E-state index contributed by atoms with van der Waals surface area (Å²) >= 11 is 0. The minimum absolute atomic E-state index is 0.240. The number of hydrazine groups is 1. The number of nitrogens with one attached hydrogen (secondary N) is 2. The number of hydrogen-bond acceptors (Lipinski definition) is 4. The number of benzene rings is 3. The van der Waals surface area contributed by atoms with Gasteiger partial charge in [-0.05, 0) is 54.1 Å². The Morgan fingerprint density at radius 3 is 2.10 bits per heavy atom. The minimum atomic E-state index is -0.473. The van der Waals surface area contributed by atoms with Gasteiger partial charge >= 0.3 is 0 Å². The highest BCUT2D eigenvalue weighted by molar-refractivity contribution is 5.99. The van der Waals surface area contributed by atoms with Crippen molar-refractivity contribution < 1.29 is 18.7 Å². The maximum atomic E-state index is 13.0. The van der Waals surface area contributed by atoms with E-state index >= 15 is 0 Å². The number of amides is 2. The highest BCUT2D eigenvalue weighted by Crippen LogP contribution is 2.16. The fraction of sp³-hybridized carbons (Fsp3) is 0.130. The standard InChI is InChI=1S/C23H22FN3O3/c1-27(2)20-7-3-5-17(13-20)22(28)25-26-23(29)18-6-4-8-21(14-18)30-15-16-9-11-19(24)12-10-16/h3-14H,15H2,1-2H3,(H,25,28)(H,26,29). The molecular weight excluding hydrogens is 385 g/mol. The second-order valence-corrected chi connectivity index (χ2v) is 6.80. The van der Waals surface area contributed by atoms with E-state index in [4.69, 9.17) is 4.74 Å². The van der Waals surface area contributed by atoms with Gasteiger partial charge in [0.2, 0.25) is 0 Å². The second-order valence-electron chi connectivity index (χ2n) is 6.80. The van der Waals surface area contributed by atoms with Gasteiger partial charge in [-0.1, -0.05) is 24.3 Å². The number of rotatable bonds is 6. The fourth-order valence-corrected chi connectivity index (χ4v) is 2.66. The molecule has 2 N–H and O–H groups in total. The molecule has 0 saturated carbocycles. The summed E-state index contributed by atoms with van der Waals surface area (Å²) in [4.78, 5) is 26.6. The maximum Gasteiger partial charge on any atom is 0.269 e. The number of anilines is 1. The molecule has 0 saturated heterocycles. The lowest BCUT2D eigenvalue weighted by Gasteiger charge is -2.14. The third kappa shape index (κ3) is 5.57. The van der Waals surface area contributed by atoms with Gasteiger partial charge in [-0.3, -0.25) is 20.4 Å². The van der Waals surface area contributed by atoms with E-state index < -0.39 is 11.8 Å². The summed E-state index contributed by atoms with van der Waals surface area (Å²) in [6.07, 6.45) is 0. The zero-order valence-electron chi connectivity index (χ0n) is 16.7. The summed E-state index contributed by atoms with van der Waals surface area (Å²) in [6, 6.07) is 19.6. The quantitative estimate of drug-likeness (QED) is 0.613. The third-order valence-corrected chi connectivity index (χ3v) is 4.33. The summed E-state index contributed by atoms with van der Waals surface area (Å²) < 4.78 is 18.6. The monoisotopic (exact) mass is 407 g/mol. The van der Waals surface area contributed by atoms with Crippen LogP contribution in [-0.4, -0.2) is 25.9 Å². The molecule has 0 unspecified atom stereocenters. The van der Waals surface area contributed by atoms with Crippen LogP contribution < -0.4 is 20.5 Å². The summed E-state index contributed by atoms with van der Waals surface area (Å²) in [5.74, 6) is -0.722. The zero-order chi connectivity index (χ0) is 21.5. The minimum Gasteiger partial charge on any atom is -0.489 e. The van der Waals surface area contributed by atoms with Gasteiger partial charge in [0.25, 0.3) is 11.8 Å². The van der Waals surface area contributed by atoms with Crippen LogP contribution in [0.1, 0.15) is 26.3 Å². The molecule has 6 nitrogen and oxygen atoms in total. The molecular formula is C23H22FN3O3. The van der Waals surface area contributed by atoms with E-state index in [-0.39, 0.29) is 12.4 Å². The average Bonchev–Trinajstić information content (AvgIpc) is 2.77. The van der Waals surface area contributed by atoms with Crippen LogP contribution in [0.25, 0.3) is 0 Å².